The molecule has 1 fully saturated rings. The summed E-state index contributed by atoms with van der Waals surface area (Å²) < 4.78 is 38.1. The maximum atomic E-state index is 12.7. The quantitative estimate of drug-likeness (QED) is 0.599. The summed E-state index contributed by atoms with van der Waals surface area (Å²) in [6.07, 6.45) is -4.14. The van der Waals surface area contributed by atoms with Gasteiger partial charge in [0.1, 0.15) is 6.04 Å². The molecule has 0 radical (unpaired) electrons. The van der Waals surface area contributed by atoms with Crippen LogP contribution in [0.3, 0.4) is 0 Å². The first-order valence-corrected chi connectivity index (χ1v) is 7.66. The lowest BCUT2D eigenvalue weighted by Gasteiger charge is -2.28. The number of alkyl halides is 3. The van der Waals surface area contributed by atoms with Crippen molar-refractivity contribution in [3.63, 3.8) is 0 Å². The van der Waals surface area contributed by atoms with Gasteiger partial charge in [-0.05, 0) is 24.8 Å². The Kier molecular flexibility index (Phi) is 4.13. The zero-order valence-corrected chi connectivity index (χ0v) is 13.0. The molecule has 0 N–H and O–H groups in total. The highest BCUT2D eigenvalue weighted by molar-refractivity contribution is 6.01. The van der Waals surface area contributed by atoms with E-state index in [0.717, 1.165) is 0 Å². The summed E-state index contributed by atoms with van der Waals surface area (Å²) in [5, 5.41) is 10.9. The van der Waals surface area contributed by atoms with Gasteiger partial charge in [-0.3, -0.25) is 19.7 Å². The second-order valence-electron chi connectivity index (χ2n) is 5.96. The zero-order chi connectivity index (χ0) is 18.4. The number of likely N-dealkylation sites (tertiary alicyclic amines) is 1. The Balaban J connectivity index is 1.87. The minimum Gasteiger partial charge on any atom is -0.323 e. The fourth-order valence-corrected chi connectivity index (χ4v) is 3.32. The summed E-state index contributed by atoms with van der Waals surface area (Å²) in [7, 11) is 0. The standard InChI is InChI=1S/C15H14F3N3O4/c16-15(17,18)14(23)20-6-1-2-11(20)13(22)19-7-5-9-3-4-10(21(24)25)8-12(9)19/h3-4,8,11H,1-2,5-7H2. The van der Waals surface area contributed by atoms with Crippen molar-refractivity contribution in [1.29, 1.82) is 0 Å². The average molecular weight is 357 g/mol. The molecule has 3 rings (SSSR count). The number of anilines is 1. The highest BCUT2D eigenvalue weighted by Gasteiger charge is 2.48. The van der Waals surface area contributed by atoms with Gasteiger partial charge in [0.15, 0.2) is 0 Å². The molecule has 1 saturated heterocycles. The molecule has 2 aliphatic heterocycles. The Morgan fingerprint density at radius 3 is 2.60 bits per heavy atom. The molecule has 0 spiro atoms. The molecule has 1 aromatic carbocycles. The molecular weight excluding hydrogens is 343 g/mol. The predicted molar refractivity (Wildman–Crippen MR) is 79.9 cm³/mol. The van der Waals surface area contributed by atoms with Crippen LogP contribution in [0, 0.1) is 10.1 Å². The summed E-state index contributed by atoms with van der Waals surface area (Å²) in [5.41, 5.74) is 0.837. The fraction of sp³-hybridized carbons (Fsp3) is 0.467. The number of halogens is 3. The number of nitrogens with zero attached hydrogens (tertiary/aromatic N) is 3. The van der Waals surface area contributed by atoms with E-state index in [1.807, 2.05) is 0 Å². The van der Waals surface area contributed by atoms with E-state index >= 15 is 0 Å². The molecule has 0 aliphatic carbocycles. The lowest BCUT2D eigenvalue weighted by molar-refractivity contribution is -0.384. The topological polar surface area (TPSA) is 83.8 Å². The Labute approximate surface area is 140 Å². The molecule has 0 aromatic heterocycles. The minimum absolute atomic E-state index is 0.135. The molecule has 0 saturated carbocycles. The van der Waals surface area contributed by atoms with E-state index in [9.17, 15) is 32.9 Å². The molecule has 7 nitrogen and oxygen atoms in total. The van der Waals surface area contributed by atoms with Crippen molar-refractivity contribution in [2.75, 3.05) is 18.0 Å². The minimum atomic E-state index is -5.04. The fourth-order valence-electron chi connectivity index (χ4n) is 3.32. The van der Waals surface area contributed by atoms with Gasteiger partial charge >= 0.3 is 12.1 Å². The van der Waals surface area contributed by atoms with Crippen LogP contribution in [0.25, 0.3) is 0 Å². The molecule has 25 heavy (non-hydrogen) atoms. The smallest absolute Gasteiger partial charge is 0.323 e. The Morgan fingerprint density at radius 1 is 1.24 bits per heavy atom. The van der Waals surface area contributed by atoms with Crippen molar-refractivity contribution in [2.45, 2.75) is 31.5 Å². The first kappa shape index (κ1) is 17.2. The first-order chi connectivity index (χ1) is 11.7. The van der Waals surface area contributed by atoms with Crippen LogP contribution in [0.15, 0.2) is 18.2 Å². The van der Waals surface area contributed by atoms with Gasteiger partial charge in [-0.1, -0.05) is 6.07 Å². The highest BCUT2D eigenvalue weighted by Crippen LogP contribution is 2.34. The van der Waals surface area contributed by atoms with Gasteiger partial charge in [-0.15, -0.1) is 0 Å². The van der Waals surface area contributed by atoms with Crippen molar-refractivity contribution in [3.05, 3.63) is 33.9 Å². The van der Waals surface area contributed by atoms with Gasteiger partial charge in [-0.25, -0.2) is 0 Å². The van der Waals surface area contributed by atoms with Crippen LogP contribution in [0.1, 0.15) is 18.4 Å². The van der Waals surface area contributed by atoms with Gasteiger partial charge < -0.3 is 9.80 Å². The van der Waals surface area contributed by atoms with Gasteiger partial charge in [0.2, 0.25) is 5.91 Å². The van der Waals surface area contributed by atoms with Crippen LogP contribution < -0.4 is 4.90 Å². The molecule has 10 heteroatoms. The number of carbonyl (C=O) groups excluding carboxylic acids is 2. The molecule has 2 amide bonds. The zero-order valence-electron chi connectivity index (χ0n) is 13.0. The summed E-state index contributed by atoms with van der Waals surface area (Å²) in [4.78, 5) is 36.4. The predicted octanol–water partition coefficient (Wildman–Crippen LogP) is 2.04. The third-order valence-electron chi connectivity index (χ3n) is 4.48. The van der Waals surface area contributed by atoms with Crippen molar-refractivity contribution >= 4 is 23.2 Å². The number of benzene rings is 1. The first-order valence-electron chi connectivity index (χ1n) is 7.66. The van der Waals surface area contributed by atoms with Gasteiger partial charge in [0, 0.05) is 25.2 Å². The van der Waals surface area contributed by atoms with Crippen molar-refractivity contribution in [2.24, 2.45) is 0 Å². The normalized spacial score (nSPS) is 19.9. The van der Waals surface area contributed by atoms with Crippen LogP contribution in [0.5, 0.6) is 0 Å². The number of hydrogen-bond acceptors (Lipinski definition) is 4. The number of nitro benzene ring substituents is 1. The second-order valence-corrected chi connectivity index (χ2v) is 5.96. The monoisotopic (exact) mass is 357 g/mol. The molecule has 134 valence electrons. The van der Waals surface area contributed by atoms with E-state index in [2.05, 4.69) is 0 Å². The number of amides is 2. The number of nitro groups is 1. The van der Waals surface area contributed by atoms with Crippen molar-refractivity contribution < 1.29 is 27.7 Å². The third-order valence-corrected chi connectivity index (χ3v) is 4.48. The number of hydrogen-bond donors (Lipinski definition) is 0. The van der Waals surface area contributed by atoms with Crippen LogP contribution >= 0.6 is 0 Å². The Bertz CT molecular complexity index is 750. The van der Waals surface area contributed by atoms with Crippen LogP contribution in [0.2, 0.25) is 0 Å². The number of fused-ring (bicyclic) bond motifs is 1. The largest absolute Gasteiger partial charge is 0.471 e. The Hall–Kier alpha value is -2.65. The molecule has 1 aromatic rings. The van der Waals surface area contributed by atoms with Crippen molar-refractivity contribution in [1.82, 2.24) is 4.90 Å². The van der Waals surface area contributed by atoms with E-state index in [1.165, 1.54) is 23.1 Å². The molecule has 1 unspecified atom stereocenters. The SMILES string of the molecule is O=C(C1CCCN1C(=O)C(F)(F)F)N1CCc2ccc([N+](=O)[O-])cc21. The van der Waals surface area contributed by atoms with E-state index < -0.39 is 29.0 Å². The van der Waals surface area contributed by atoms with E-state index in [1.54, 1.807) is 0 Å². The van der Waals surface area contributed by atoms with E-state index in [4.69, 9.17) is 0 Å². The van der Waals surface area contributed by atoms with Crippen LogP contribution in [-0.4, -0.2) is 46.9 Å². The average Bonchev–Trinajstić information content (AvgIpc) is 3.18. The Morgan fingerprint density at radius 2 is 1.96 bits per heavy atom. The maximum Gasteiger partial charge on any atom is 0.471 e. The summed E-state index contributed by atoms with van der Waals surface area (Å²) in [5.74, 6) is -2.66. The number of non-ortho nitro benzene ring substituents is 1. The molecule has 2 heterocycles. The molecular formula is C15H14F3N3O4. The maximum absolute atomic E-state index is 12.7. The van der Waals surface area contributed by atoms with Crippen LogP contribution in [0.4, 0.5) is 24.5 Å². The number of rotatable bonds is 2. The lowest BCUT2D eigenvalue weighted by Crippen LogP contribution is -2.51. The van der Waals surface area contributed by atoms with E-state index in [0.29, 0.717) is 29.0 Å². The third kappa shape index (κ3) is 3.03. The lowest BCUT2D eigenvalue weighted by atomic mass is 10.1. The van der Waals surface area contributed by atoms with Gasteiger partial charge in [-0.2, -0.15) is 13.2 Å². The summed E-state index contributed by atoms with van der Waals surface area (Å²) in [6, 6.07) is 2.90. The van der Waals surface area contributed by atoms with Crippen molar-refractivity contribution in [3.8, 4) is 0 Å². The second kappa shape index (κ2) is 6.01. The molecule has 2 aliphatic rings. The summed E-state index contributed by atoms with van der Waals surface area (Å²) in [6.45, 7) is 0.0876. The highest BCUT2D eigenvalue weighted by atomic mass is 19.4. The van der Waals surface area contributed by atoms with Gasteiger partial charge in [0.05, 0.1) is 10.6 Å². The molecule has 1 atom stereocenters. The summed E-state index contributed by atoms with van der Waals surface area (Å²) >= 11 is 0. The van der Waals surface area contributed by atoms with Crippen LogP contribution in [-0.2, 0) is 16.0 Å². The number of carbonyl (C=O) groups is 2. The van der Waals surface area contributed by atoms with Gasteiger partial charge in [0.25, 0.3) is 5.69 Å². The molecule has 0 bridgehead atoms. The van der Waals surface area contributed by atoms with E-state index in [-0.39, 0.29) is 25.2 Å².